The molecule has 1 heterocycles. The van der Waals surface area contributed by atoms with Crippen molar-refractivity contribution in [2.24, 2.45) is 0 Å². The fourth-order valence-electron chi connectivity index (χ4n) is 2.60. The minimum absolute atomic E-state index is 0.0727. The molecule has 1 aliphatic carbocycles. The van der Waals surface area contributed by atoms with Gasteiger partial charge in [-0.15, -0.1) is 0 Å². The number of nitrogens with zero attached hydrogens (tertiary/aromatic N) is 1. The minimum atomic E-state index is -1.95. The number of nitrogens with one attached hydrogen (secondary N) is 1. The molecule has 2 amide bonds. The topological polar surface area (TPSA) is 99.1 Å². The summed E-state index contributed by atoms with van der Waals surface area (Å²) in [6.45, 7) is 1.86. The second kappa shape index (κ2) is 5.34. The molecule has 0 aromatic heterocycles. The highest BCUT2D eigenvalue weighted by atomic mass is 16.5. The lowest BCUT2D eigenvalue weighted by Gasteiger charge is -2.37. The zero-order valence-electron chi connectivity index (χ0n) is 11.0. The number of hydrogen-bond acceptors (Lipinski definition) is 4. The fraction of sp³-hybridized carbons (Fsp3) is 0.833. The van der Waals surface area contributed by atoms with Crippen molar-refractivity contribution in [3.8, 4) is 0 Å². The van der Waals surface area contributed by atoms with Crippen LogP contribution < -0.4 is 5.32 Å². The molecular weight excluding hydrogens is 252 g/mol. The Morgan fingerprint density at radius 3 is 2.89 bits per heavy atom. The van der Waals surface area contributed by atoms with E-state index in [0.717, 1.165) is 26.2 Å². The van der Waals surface area contributed by atoms with Crippen molar-refractivity contribution < 1.29 is 24.5 Å². The third-order valence-corrected chi connectivity index (χ3v) is 3.79. The number of fused-ring (bicyclic) bond motifs is 1. The normalized spacial score (nSPS) is 29.5. The van der Waals surface area contributed by atoms with Gasteiger partial charge in [0, 0.05) is 6.54 Å². The Balaban J connectivity index is 1.91. The van der Waals surface area contributed by atoms with Crippen LogP contribution in [0.1, 0.15) is 26.2 Å². The molecule has 0 radical (unpaired) electrons. The number of morpholine rings is 1. The molecule has 7 nitrogen and oxygen atoms in total. The zero-order chi connectivity index (χ0) is 14.0. The van der Waals surface area contributed by atoms with E-state index in [-0.39, 0.29) is 24.7 Å². The summed E-state index contributed by atoms with van der Waals surface area (Å²) in [7, 11) is 0. The van der Waals surface area contributed by atoms with Gasteiger partial charge in [0.15, 0.2) is 5.60 Å². The number of amides is 2. The quantitative estimate of drug-likeness (QED) is 0.660. The van der Waals surface area contributed by atoms with E-state index in [2.05, 4.69) is 5.32 Å². The van der Waals surface area contributed by atoms with Crippen LogP contribution in [0.5, 0.6) is 0 Å². The molecule has 19 heavy (non-hydrogen) atoms. The molecule has 0 aromatic carbocycles. The molecule has 1 saturated carbocycles. The predicted molar refractivity (Wildman–Crippen MR) is 65.7 cm³/mol. The summed E-state index contributed by atoms with van der Waals surface area (Å²) in [5.41, 5.74) is -1.95. The summed E-state index contributed by atoms with van der Waals surface area (Å²) >= 11 is 0. The maximum absolute atomic E-state index is 12.1. The number of aliphatic carboxylic acids is 1. The summed E-state index contributed by atoms with van der Waals surface area (Å²) in [6, 6.07) is -0.259. The summed E-state index contributed by atoms with van der Waals surface area (Å²) in [5.74, 6) is -1.35. The number of carbonyl (C=O) groups excluding carboxylic acids is 1. The van der Waals surface area contributed by atoms with Crippen molar-refractivity contribution in [2.75, 3.05) is 19.7 Å². The third kappa shape index (κ3) is 2.98. The molecule has 2 rings (SSSR count). The van der Waals surface area contributed by atoms with Gasteiger partial charge >= 0.3 is 12.0 Å². The van der Waals surface area contributed by atoms with Crippen LogP contribution in [-0.4, -0.2) is 64.6 Å². The molecule has 7 heteroatoms. The van der Waals surface area contributed by atoms with Crippen molar-refractivity contribution in [3.05, 3.63) is 0 Å². The number of carboxylic acids is 1. The van der Waals surface area contributed by atoms with Crippen LogP contribution in [0.3, 0.4) is 0 Å². The third-order valence-electron chi connectivity index (χ3n) is 3.79. The van der Waals surface area contributed by atoms with E-state index in [1.54, 1.807) is 4.90 Å². The number of rotatable bonds is 3. The Kier molecular flexibility index (Phi) is 3.96. The highest BCUT2D eigenvalue weighted by Crippen LogP contribution is 2.29. The van der Waals surface area contributed by atoms with E-state index in [9.17, 15) is 14.7 Å². The van der Waals surface area contributed by atoms with E-state index in [4.69, 9.17) is 9.84 Å². The SMILES string of the molecule is CC(O)(CNC(=O)N1CCOC2CCCC21)C(=O)O. The van der Waals surface area contributed by atoms with Gasteiger partial charge < -0.3 is 25.2 Å². The van der Waals surface area contributed by atoms with Crippen LogP contribution in [0.25, 0.3) is 0 Å². The first-order valence-corrected chi connectivity index (χ1v) is 6.53. The molecule has 2 aliphatic rings. The standard InChI is InChI=1S/C12H20N2O5/c1-12(18,10(15)16)7-13-11(17)14-5-6-19-9-4-2-3-8(9)14/h8-9,18H,2-7H2,1H3,(H,13,17)(H,15,16). The number of ether oxygens (including phenoxy) is 1. The van der Waals surface area contributed by atoms with Gasteiger partial charge in [-0.05, 0) is 26.2 Å². The van der Waals surface area contributed by atoms with Crippen molar-refractivity contribution in [1.29, 1.82) is 0 Å². The molecule has 1 aliphatic heterocycles. The van der Waals surface area contributed by atoms with Crippen molar-refractivity contribution in [2.45, 2.75) is 43.9 Å². The average molecular weight is 272 g/mol. The lowest BCUT2D eigenvalue weighted by atomic mass is 10.1. The summed E-state index contributed by atoms with van der Waals surface area (Å²) in [5, 5.41) is 20.8. The molecule has 1 saturated heterocycles. The van der Waals surface area contributed by atoms with Crippen LogP contribution in [-0.2, 0) is 9.53 Å². The van der Waals surface area contributed by atoms with Gasteiger partial charge in [0.2, 0.25) is 0 Å². The lowest BCUT2D eigenvalue weighted by molar-refractivity contribution is -0.155. The lowest BCUT2D eigenvalue weighted by Crippen LogP contribution is -2.57. The van der Waals surface area contributed by atoms with Crippen molar-refractivity contribution >= 4 is 12.0 Å². The first-order chi connectivity index (χ1) is 8.92. The van der Waals surface area contributed by atoms with Crippen LogP contribution in [0, 0.1) is 0 Å². The largest absolute Gasteiger partial charge is 0.479 e. The highest BCUT2D eigenvalue weighted by molar-refractivity contribution is 5.79. The van der Waals surface area contributed by atoms with E-state index in [1.807, 2.05) is 0 Å². The van der Waals surface area contributed by atoms with Gasteiger partial charge in [-0.2, -0.15) is 0 Å². The smallest absolute Gasteiger partial charge is 0.337 e. The molecule has 3 N–H and O–H groups in total. The van der Waals surface area contributed by atoms with Gasteiger partial charge in [-0.1, -0.05) is 0 Å². The van der Waals surface area contributed by atoms with Crippen LogP contribution in [0.4, 0.5) is 4.79 Å². The Labute approximate surface area is 111 Å². The molecule has 3 atom stereocenters. The minimum Gasteiger partial charge on any atom is -0.479 e. The molecule has 0 spiro atoms. The zero-order valence-corrected chi connectivity index (χ0v) is 11.0. The number of hydrogen-bond donors (Lipinski definition) is 3. The summed E-state index contributed by atoms with van der Waals surface area (Å²) in [4.78, 5) is 24.5. The number of urea groups is 1. The summed E-state index contributed by atoms with van der Waals surface area (Å²) in [6.07, 6.45) is 3.00. The van der Waals surface area contributed by atoms with Gasteiger partial charge in [-0.3, -0.25) is 0 Å². The monoisotopic (exact) mass is 272 g/mol. The molecule has 3 unspecified atom stereocenters. The van der Waals surface area contributed by atoms with E-state index in [0.29, 0.717) is 13.2 Å². The Morgan fingerprint density at radius 2 is 2.21 bits per heavy atom. The van der Waals surface area contributed by atoms with E-state index in [1.165, 1.54) is 0 Å². The maximum Gasteiger partial charge on any atom is 0.337 e. The molecule has 0 bridgehead atoms. The van der Waals surface area contributed by atoms with Gasteiger partial charge in [0.05, 0.1) is 25.3 Å². The predicted octanol–water partition coefficient (Wildman–Crippen LogP) is -0.215. The Morgan fingerprint density at radius 1 is 1.47 bits per heavy atom. The maximum atomic E-state index is 12.1. The van der Waals surface area contributed by atoms with Crippen molar-refractivity contribution in [3.63, 3.8) is 0 Å². The number of carbonyl (C=O) groups is 2. The van der Waals surface area contributed by atoms with E-state index >= 15 is 0 Å². The van der Waals surface area contributed by atoms with E-state index < -0.39 is 11.6 Å². The molecule has 0 aromatic rings. The average Bonchev–Trinajstić information content (AvgIpc) is 2.83. The first kappa shape index (κ1) is 14.1. The van der Waals surface area contributed by atoms with Crippen LogP contribution in [0.2, 0.25) is 0 Å². The Hall–Kier alpha value is -1.34. The molecule has 2 fully saturated rings. The van der Waals surface area contributed by atoms with Gasteiger partial charge in [0.1, 0.15) is 0 Å². The second-order valence-corrected chi connectivity index (χ2v) is 5.34. The fourth-order valence-corrected chi connectivity index (χ4v) is 2.60. The van der Waals surface area contributed by atoms with Crippen molar-refractivity contribution in [1.82, 2.24) is 10.2 Å². The van der Waals surface area contributed by atoms with Crippen LogP contribution in [0.15, 0.2) is 0 Å². The molecular formula is C12H20N2O5. The number of carboxylic acid groups (broad SMARTS) is 1. The number of aliphatic hydroxyl groups is 1. The second-order valence-electron chi connectivity index (χ2n) is 5.34. The summed E-state index contributed by atoms with van der Waals surface area (Å²) < 4.78 is 5.60. The Bertz CT molecular complexity index is 371. The molecule has 108 valence electrons. The van der Waals surface area contributed by atoms with Crippen LogP contribution >= 0.6 is 0 Å². The van der Waals surface area contributed by atoms with Gasteiger partial charge in [0.25, 0.3) is 0 Å². The highest BCUT2D eigenvalue weighted by Gasteiger charge is 2.39. The first-order valence-electron chi connectivity index (χ1n) is 6.53. The van der Waals surface area contributed by atoms with Gasteiger partial charge in [-0.25, -0.2) is 9.59 Å².